The van der Waals surface area contributed by atoms with Gasteiger partial charge in [0.2, 0.25) is 5.91 Å². The van der Waals surface area contributed by atoms with Gasteiger partial charge in [-0.05, 0) is 36.4 Å². The largest absolute Gasteiger partial charge is 0.485 e. The summed E-state index contributed by atoms with van der Waals surface area (Å²) < 4.78 is 30.7. The number of methoxy groups -OCH3 is 1. The molecule has 1 aliphatic rings. The Morgan fingerprint density at radius 2 is 2.13 bits per heavy atom. The number of rotatable bonds is 7. The van der Waals surface area contributed by atoms with Gasteiger partial charge in [0.15, 0.2) is 17.3 Å². The molecule has 4 rings (SSSR count). The van der Waals surface area contributed by atoms with Crippen LogP contribution in [0.25, 0.3) is 11.3 Å². The number of pyridine rings is 1. The molecule has 9 heteroatoms. The number of aromatic nitrogens is 1. The molecular formula is C22H20FN3O5. The number of carbonyl (C=O) groups is 2. The first kappa shape index (κ1) is 20.5. The molecule has 1 unspecified atom stereocenters. The standard InChI is InChI=1S/C22H20FN3O5/c1-29-11-15-3-5-19(30-15)22(28)26-10-16-7-14-6-13(8-17(23)20(14)31-16)18-4-2-12(9-25-18)21(24)27/h2-6,8-9,16H,7,10-11H2,1H3,(H2,24,27)(H,26,28). The number of amides is 2. The molecular weight excluding hydrogens is 405 g/mol. The Kier molecular flexibility index (Phi) is 5.68. The van der Waals surface area contributed by atoms with Crippen molar-refractivity contribution in [2.75, 3.05) is 13.7 Å². The maximum absolute atomic E-state index is 14.6. The Morgan fingerprint density at radius 1 is 1.29 bits per heavy atom. The number of nitrogens with zero attached hydrogens (tertiary/aromatic N) is 1. The first-order chi connectivity index (χ1) is 14.9. The Labute approximate surface area is 177 Å². The van der Waals surface area contributed by atoms with E-state index in [1.165, 1.54) is 25.4 Å². The predicted molar refractivity (Wildman–Crippen MR) is 108 cm³/mol. The smallest absolute Gasteiger partial charge is 0.287 e. The summed E-state index contributed by atoms with van der Waals surface area (Å²) in [6, 6.07) is 9.49. The van der Waals surface area contributed by atoms with Crippen molar-refractivity contribution in [3.8, 4) is 17.0 Å². The monoisotopic (exact) mass is 425 g/mol. The van der Waals surface area contributed by atoms with Gasteiger partial charge in [-0.1, -0.05) is 0 Å². The second-order valence-corrected chi connectivity index (χ2v) is 7.10. The molecule has 0 spiro atoms. The molecule has 0 fully saturated rings. The average molecular weight is 425 g/mol. The van der Waals surface area contributed by atoms with Crippen molar-refractivity contribution < 1.29 is 27.9 Å². The Morgan fingerprint density at radius 3 is 2.84 bits per heavy atom. The van der Waals surface area contributed by atoms with Gasteiger partial charge in [-0.25, -0.2) is 4.39 Å². The summed E-state index contributed by atoms with van der Waals surface area (Å²) in [5, 5.41) is 2.74. The zero-order valence-corrected chi connectivity index (χ0v) is 16.7. The number of benzene rings is 1. The van der Waals surface area contributed by atoms with Crippen LogP contribution in [0.4, 0.5) is 4.39 Å². The molecule has 2 aromatic heterocycles. The quantitative estimate of drug-likeness (QED) is 0.601. The average Bonchev–Trinajstić information content (AvgIpc) is 3.39. The van der Waals surface area contributed by atoms with E-state index in [4.69, 9.17) is 19.6 Å². The topological polar surface area (TPSA) is 117 Å². The molecule has 160 valence electrons. The maximum atomic E-state index is 14.6. The molecule has 0 saturated carbocycles. The number of hydrogen-bond donors (Lipinski definition) is 2. The Hall–Kier alpha value is -3.72. The van der Waals surface area contributed by atoms with E-state index in [1.54, 1.807) is 24.3 Å². The fourth-order valence-electron chi connectivity index (χ4n) is 3.37. The van der Waals surface area contributed by atoms with Crippen LogP contribution in [-0.4, -0.2) is 36.6 Å². The van der Waals surface area contributed by atoms with Crippen molar-refractivity contribution in [3.05, 3.63) is 71.1 Å². The molecule has 0 bridgehead atoms. The van der Waals surface area contributed by atoms with Crippen molar-refractivity contribution in [1.29, 1.82) is 0 Å². The minimum atomic E-state index is -0.582. The highest BCUT2D eigenvalue weighted by Gasteiger charge is 2.27. The van der Waals surface area contributed by atoms with Gasteiger partial charge in [0.05, 0.1) is 17.8 Å². The van der Waals surface area contributed by atoms with Crippen LogP contribution in [0.2, 0.25) is 0 Å². The molecule has 0 aliphatic carbocycles. The second kappa shape index (κ2) is 8.57. The number of fused-ring (bicyclic) bond motifs is 1. The number of nitrogens with two attached hydrogens (primary N) is 1. The van der Waals surface area contributed by atoms with Crippen molar-refractivity contribution in [3.63, 3.8) is 0 Å². The van der Waals surface area contributed by atoms with Gasteiger partial charge < -0.3 is 24.9 Å². The van der Waals surface area contributed by atoms with Crippen LogP contribution < -0.4 is 15.8 Å². The van der Waals surface area contributed by atoms with E-state index in [0.29, 0.717) is 29.0 Å². The van der Waals surface area contributed by atoms with E-state index < -0.39 is 17.8 Å². The van der Waals surface area contributed by atoms with Crippen LogP contribution in [-0.2, 0) is 17.8 Å². The molecule has 1 atom stereocenters. The van der Waals surface area contributed by atoms with Gasteiger partial charge in [0, 0.05) is 30.9 Å². The van der Waals surface area contributed by atoms with E-state index in [2.05, 4.69) is 10.3 Å². The normalized spacial score (nSPS) is 14.7. The van der Waals surface area contributed by atoms with E-state index >= 15 is 0 Å². The van der Waals surface area contributed by atoms with E-state index in [-0.39, 0.29) is 36.1 Å². The minimum absolute atomic E-state index is 0.164. The molecule has 8 nitrogen and oxygen atoms in total. The van der Waals surface area contributed by atoms with Crippen LogP contribution in [0.5, 0.6) is 5.75 Å². The summed E-state index contributed by atoms with van der Waals surface area (Å²) in [5.74, 6) is -0.607. The van der Waals surface area contributed by atoms with Crippen LogP contribution in [0.15, 0.2) is 47.0 Å². The number of primary amides is 1. The molecule has 2 amide bonds. The molecule has 1 aromatic carbocycles. The van der Waals surface area contributed by atoms with Crippen LogP contribution in [0.3, 0.4) is 0 Å². The fourth-order valence-corrected chi connectivity index (χ4v) is 3.37. The third-order valence-corrected chi connectivity index (χ3v) is 4.86. The van der Waals surface area contributed by atoms with E-state index in [9.17, 15) is 14.0 Å². The summed E-state index contributed by atoms with van der Waals surface area (Å²) in [6.07, 6.45) is 1.36. The lowest BCUT2D eigenvalue weighted by atomic mass is 10.0. The first-order valence-corrected chi connectivity index (χ1v) is 9.55. The maximum Gasteiger partial charge on any atom is 0.287 e. The molecule has 3 aromatic rings. The van der Waals surface area contributed by atoms with Crippen LogP contribution >= 0.6 is 0 Å². The number of hydrogen-bond acceptors (Lipinski definition) is 6. The molecule has 0 saturated heterocycles. The number of ether oxygens (including phenoxy) is 2. The van der Waals surface area contributed by atoms with Crippen molar-refractivity contribution >= 4 is 11.8 Å². The van der Waals surface area contributed by atoms with Gasteiger partial charge in [-0.3, -0.25) is 14.6 Å². The number of furan rings is 1. The lowest BCUT2D eigenvalue weighted by Crippen LogP contribution is -2.34. The third kappa shape index (κ3) is 4.41. The fraction of sp³-hybridized carbons (Fsp3) is 0.227. The van der Waals surface area contributed by atoms with Crippen LogP contribution in [0, 0.1) is 5.82 Å². The summed E-state index contributed by atoms with van der Waals surface area (Å²) in [6.45, 7) is 0.463. The van der Waals surface area contributed by atoms with E-state index in [0.717, 1.165) is 0 Å². The zero-order chi connectivity index (χ0) is 22.0. The summed E-state index contributed by atoms with van der Waals surface area (Å²) in [5.41, 5.74) is 7.23. The molecule has 3 N–H and O–H groups in total. The predicted octanol–water partition coefficient (Wildman–Crippen LogP) is 2.46. The molecule has 0 radical (unpaired) electrons. The third-order valence-electron chi connectivity index (χ3n) is 4.86. The summed E-state index contributed by atoms with van der Waals surface area (Å²) in [7, 11) is 1.54. The lowest BCUT2D eigenvalue weighted by molar-refractivity contribution is 0.0896. The van der Waals surface area contributed by atoms with Crippen LogP contribution in [0.1, 0.15) is 32.2 Å². The highest BCUT2D eigenvalue weighted by molar-refractivity contribution is 5.92. The Bertz CT molecular complexity index is 1130. The van der Waals surface area contributed by atoms with Gasteiger partial charge in [0.25, 0.3) is 5.91 Å². The number of nitrogens with one attached hydrogen (secondary N) is 1. The highest BCUT2D eigenvalue weighted by atomic mass is 19.1. The van der Waals surface area contributed by atoms with Gasteiger partial charge >= 0.3 is 0 Å². The highest BCUT2D eigenvalue weighted by Crippen LogP contribution is 2.35. The van der Waals surface area contributed by atoms with E-state index in [1.807, 2.05) is 0 Å². The zero-order valence-electron chi connectivity index (χ0n) is 16.7. The van der Waals surface area contributed by atoms with Crippen molar-refractivity contribution in [2.24, 2.45) is 5.73 Å². The molecule has 1 aliphatic heterocycles. The van der Waals surface area contributed by atoms with Crippen molar-refractivity contribution in [1.82, 2.24) is 10.3 Å². The van der Waals surface area contributed by atoms with Gasteiger partial charge in [-0.2, -0.15) is 0 Å². The van der Waals surface area contributed by atoms with Gasteiger partial charge in [-0.15, -0.1) is 0 Å². The molecule has 3 heterocycles. The SMILES string of the molecule is COCc1ccc(C(=O)NCC2Cc3cc(-c4ccc(C(N)=O)cn4)cc(F)c3O2)o1. The summed E-state index contributed by atoms with van der Waals surface area (Å²) in [4.78, 5) is 27.6. The number of carbonyl (C=O) groups excluding carboxylic acids is 2. The lowest BCUT2D eigenvalue weighted by Gasteiger charge is -2.11. The number of halogens is 1. The Balaban J connectivity index is 1.42. The molecule has 31 heavy (non-hydrogen) atoms. The first-order valence-electron chi connectivity index (χ1n) is 9.55. The van der Waals surface area contributed by atoms with Gasteiger partial charge in [0.1, 0.15) is 18.5 Å². The summed E-state index contributed by atoms with van der Waals surface area (Å²) >= 11 is 0. The minimum Gasteiger partial charge on any atom is -0.485 e. The second-order valence-electron chi connectivity index (χ2n) is 7.10. The van der Waals surface area contributed by atoms with Crippen molar-refractivity contribution in [2.45, 2.75) is 19.1 Å².